The summed E-state index contributed by atoms with van der Waals surface area (Å²) in [6.45, 7) is 13.9. The second-order valence-corrected chi connectivity index (χ2v) is 12.5. The molecule has 0 saturated heterocycles. The molecular weight excluding hydrogens is 576 g/mol. The van der Waals surface area contributed by atoms with Crippen LogP contribution >= 0.6 is 35.1 Å². The van der Waals surface area contributed by atoms with Crippen LogP contribution in [-0.4, -0.2) is 21.7 Å². The standard InChI is InChI=1S/C18H21ClS.C17H18O2S.C2H6/c1-14(2)16(12-15-8-6-7-11-18(15)19)13-20-17-9-4-3-5-10-17;1-13(18)15(11-14-7-5-6-10-17(14)19)12-20-16-8-3-2-4-9-16;1-2/h3-6,8-10,16H,1,7,11-13H2,2H3;2-10,15,18-19H,1,11-12H2;1-2H3. The molecule has 3 aromatic rings. The first-order chi connectivity index (χ1) is 20.3. The highest BCUT2D eigenvalue weighted by Crippen LogP contribution is 2.32. The summed E-state index contributed by atoms with van der Waals surface area (Å²) in [4.78, 5) is 2.48. The van der Waals surface area contributed by atoms with Gasteiger partial charge in [-0.3, -0.25) is 0 Å². The summed E-state index contributed by atoms with van der Waals surface area (Å²) in [7, 11) is 0. The molecule has 0 heterocycles. The zero-order valence-electron chi connectivity index (χ0n) is 25.1. The number of thioether (sulfide) groups is 2. The van der Waals surface area contributed by atoms with E-state index in [4.69, 9.17) is 11.6 Å². The summed E-state index contributed by atoms with van der Waals surface area (Å²) >= 11 is 9.92. The monoisotopic (exact) mass is 620 g/mol. The van der Waals surface area contributed by atoms with Gasteiger partial charge in [0.2, 0.25) is 0 Å². The second-order valence-electron chi connectivity index (χ2n) is 9.89. The van der Waals surface area contributed by atoms with Gasteiger partial charge in [-0.15, -0.1) is 23.5 Å². The highest BCUT2D eigenvalue weighted by atomic mass is 35.5. The van der Waals surface area contributed by atoms with E-state index in [1.165, 1.54) is 16.0 Å². The number of phenols is 1. The molecule has 0 bridgehead atoms. The number of aliphatic hydroxyl groups excluding tert-OH is 1. The van der Waals surface area contributed by atoms with Crippen molar-refractivity contribution in [3.05, 3.63) is 138 Å². The molecule has 1 aliphatic carbocycles. The van der Waals surface area contributed by atoms with Crippen molar-refractivity contribution in [3.63, 3.8) is 0 Å². The van der Waals surface area contributed by atoms with Crippen molar-refractivity contribution >= 4 is 35.1 Å². The van der Waals surface area contributed by atoms with Gasteiger partial charge in [-0.25, -0.2) is 0 Å². The van der Waals surface area contributed by atoms with Crippen LogP contribution in [0.25, 0.3) is 0 Å². The van der Waals surface area contributed by atoms with Crippen LogP contribution in [0, 0.1) is 11.8 Å². The van der Waals surface area contributed by atoms with Crippen molar-refractivity contribution in [1.29, 1.82) is 0 Å². The Bertz CT molecular complexity index is 1290. The van der Waals surface area contributed by atoms with Crippen molar-refractivity contribution in [2.24, 2.45) is 11.8 Å². The molecule has 2 atom stereocenters. The summed E-state index contributed by atoms with van der Waals surface area (Å²) in [5.74, 6) is 2.62. The summed E-state index contributed by atoms with van der Waals surface area (Å²) in [6, 6.07) is 27.8. The topological polar surface area (TPSA) is 40.5 Å². The maximum absolute atomic E-state index is 9.81. The average Bonchev–Trinajstić information content (AvgIpc) is 3.01. The highest BCUT2D eigenvalue weighted by molar-refractivity contribution is 7.99. The van der Waals surface area contributed by atoms with E-state index in [-0.39, 0.29) is 17.4 Å². The van der Waals surface area contributed by atoms with Gasteiger partial charge >= 0.3 is 0 Å². The molecule has 0 saturated carbocycles. The van der Waals surface area contributed by atoms with Gasteiger partial charge in [0.1, 0.15) is 5.75 Å². The molecule has 1 aliphatic rings. The molecule has 224 valence electrons. The van der Waals surface area contributed by atoms with Crippen molar-refractivity contribution < 1.29 is 10.2 Å². The van der Waals surface area contributed by atoms with Crippen LogP contribution in [0.15, 0.2) is 142 Å². The number of hydrogen-bond acceptors (Lipinski definition) is 4. The first-order valence-electron chi connectivity index (χ1n) is 14.5. The summed E-state index contributed by atoms with van der Waals surface area (Å²) in [5.41, 5.74) is 3.37. The minimum Gasteiger partial charge on any atom is -0.513 e. The van der Waals surface area contributed by atoms with Crippen molar-refractivity contribution in [2.45, 2.75) is 56.2 Å². The van der Waals surface area contributed by atoms with Gasteiger partial charge < -0.3 is 10.2 Å². The summed E-state index contributed by atoms with van der Waals surface area (Å²) < 4.78 is 0. The van der Waals surface area contributed by atoms with Gasteiger partial charge in [0.05, 0.1) is 5.76 Å². The second kappa shape index (κ2) is 20.2. The van der Waals surface area contributed by atoms with Crippen LogP contribution in [0.2, 0.25) is 0 Å². The largest absolute Gasteiger partial charge is 0.513 e. The molecule has 42 heavy (non-hydrogen) atoms. The lowest BCUT2D eigenvalue weighted by Gasteiger charge is -2.20. The Labute approximate surface area is 267 Å². The quantitative estimate of drug-likeness (QED) is 0.120. The highest BCUT2D eigenvalue weighted by Gasteiger charge is 2.16. The lowest BCUT2D eigenvalue weighted by Crippen LogP contribution is -2.10. The maximum Gasteiger partial charge on any atom is 0.118 e. The van der Waals surface area contributed by atoms with Crippen molar-refractivity contribution in [3.8, 4) is 5.75 Å². The number of benzene rings is 3. The molecule has 0 fully saturated rings. The Morgan fingerprint density at radius 3 is 1.83 bits per heavy atom. The van der Waals surface area contributed by atoms with E-state index in [9.17, 15) is 10.2 Å². The molecule has 0 aromatic heterocycles. The van der Waals surface area contributed by atoms with Gasteiger partial charge in [-0.1, -0.05) is 111 Å². The molecule has 2 N–H and O–H groups in total. The molecule has 0 amide bonds. The fourth-order valence-electron chi connectivity index (χ4n) is 4.16. The third kappa shape index (κ3) is 13.0. The van der Waals surface area contributed by atoms with E-state index in [2.05, 4.69) is 62.6 Å². The number of para-hydroxylation sites is 1. The Kier molecular flexibility index (Phi) is 17.0. The fraction of sp³-hybridized carbons (Fsp3) is 0.297. The van der Waals surface area contributed by atoms with Crippen LogP contribution in [0.3, 0.4) is 0 Å². The Morgan fingerprint density at radius 2 is 1.33 bits per heavy atom. The fourth-order valence-corrected chi connectivity index (χ4v) is 6.60. The normalized spacial score (nSPS) is 13.6. The smallest absolute Gasteiger partial charge is 0.118 e. The van der Waals surface area contributed by atoms with Gasteiger partial charge in [-0.05, 0) is 80.0 Å². The lowest BCUT2D eigenvalue weighted by atomic mass is 9.92. The van der Waals surface area contributed by atoms with Crippen molar-refractivity contribution in [1.82, 2.24) is 0 Å². The molecule has 5 heteroatoms. The number of allylic oxidation sites excluding steroid dienone is 6. The van der Waals surface area contributed by atoms with Gasteiger partial charge in [0.15, 0.2) is 0 Å². The van der Waals surface area contributed by atoms with Crippen LogP contribution in [-0.2, 0) is 6.42 Å². The van der Waals surface area contributed by atoms with Crippen molar-refractivity contribution in [2.75, 3.05) is 11.5 Å². The van der Waals surface area contributed by atoms with Gasteiger partial charge in [0, 0.05) is 32.2 Å². The zero-order valence-corrected chi connectivity index (χ0v) is 27.5. The molecule has 0 spiro atoms. The average molecular weight is 621 g/mol. The van der Waals surface area contributed by atoms with Crippen LogP contribution in [0.4, 0.5) is 0 Å². The molecule has 0 radical (unpaired) electrons. The molecule has 4 rings (SSSR count). The van der Waals surface area contributed by atoms with Gasteiger partial charge in [0.25, 0.3) is 0 Å². The van der Waals surface area contributed by atoms with E-state index in [1.54, 1.807) is 23.9 Å². The number of halogens is 1. The van der Waals surface area contributed by atoms with E-state index < -0.39 is 0 Å². The molecule has 3 aromatic carbocycles. The Morgan fingerprint density at radius 1 is 0.810 bits per heavy atom. The minimum atomic E-state index is -0.0755. The van der Waals surface area contributed by atoms with E-state index in [1.807, 2.05) is 68.1 Å². The van der Waals surface area contributed by atoms with Gasteiger partial charge in [-0.2, -0.15) is 0 Å². The summed E-state index contributed by atoms with van der Waals surface area (Å²) in [6.07, 6.45) is 8.06. The molecule has 2 nitrogen and oxygen atoms in total. The molecule has 0 aliphatic heterocycles. The van der Waals surface area contributed by atoms with Crippen LogP contribution in [0.5, 0.6) is 5.75 Å². The Hall–Kier alpha value is -2.79. The predicted octanol–water partition coefficient (Wildman–Crippen LogP) is 11.6. The van der Waals surface area contributed by atoms with E-state index >= 15 is 0 Å². The number of rotatable bonds is 12. The van der Waals surface area contributed by atoms with Crippen LogP contribution in [0.1, 0.15) is 45.6 Å². The minimum absolute atomic E-state index is 0.0755. The van der Waals surface area contributed by atoms with Crippen LogP contribution < -0.4 is 0 Å². The Balaban J connectivity index is 0.000000277. The molecule has 2 unspecified atom stereocenters. The predicted molar refractivity (Wildman–Crippen MR) is 187 cm³/mol. The number of phenolic OH excluding ortho intramolecular Hbond substituents is 1. The first-order valence-corrected chi connectivity index (χ1v) is 16.9. The number of aliphatic hydroxyl groups is 1. The third-order valence-corrected chi connectivity index (χ3v) is 9.46. The number of hydrogen-bond donors (Lipinski definition) is 2. The third-order valence-electron chi connectivity index (χ3n) is 6.68. The summed E-state index contributed by atoms with van der Waals surface area (Å²) in [5, 5.41) is 20.6. The van der Waals surface area contributed by atoms with E-state index in [0.29, 0.717) is 12.3 Å². The first kappa shape index (κ1) is 35.4. The number of aromatic hydroxyl groups is 1. The lowest BCUT2D eigenvalue weighted by molar-refractivity contribution is 0.343. The van der Waals surface area contributed by atoms with E-state index in [0.717, 1.165) is 46.3 Å². The maximum atomic E-state index is 9.81. The SMILES string of the molecule is C=C(C)C(CSc1ccccc1)CC1=C(Cl)CCC=C1.C=C(O)C(CSc1ccccc1)Cc1ccccc1O.CC. The zero-order chi connectivity index (χ0) is 30.7. The molecular formula is C37H45ClO2S2.